The number of hydrogen-bond donors (Lipinski definition) is 2. The molecule has 0 saturated heterocycles. The molecule has 0 aromatic heterocycles. The zero-order valence-corrected chi connectivity index (χ0v) is 14.9. The largest absolute Gasteiger partial charge is 0.396 e. The topological polar surface area (TPSA) is 40.5 Å². The molecular weight excluding hydrogens is 272 g/mol. The minimum atomic E-state index is -0.241. The smallest absolute Gasteiger partial charge is 0.0720 e. The quantitative estimate of drug-likeness (QED) is 0.264. The van der Waals surface area contributed by atoms with Gasteiger partial charge in [0.25, 0.3) is 0 Å². The van der Waals surface area contributed by atoms with Gasteiger partial charge >= 0.3 is 0 Å². The van der Waals surface area contributed by atoms with Crippen LogP contribution in [-0.4, -0.2) is 22.9 Å². The van der Waals surface area contributed by atoms with Gasteiger partial charge in [0.05, 0.1) is 6.10 Å². The molecule has 0 rings (SSSR count). The molecule has 0 amide bonds. The molecule has 0 aliphatic heterocycles. The maximum absolute atomic E-state index is 9.88. The number of aliphatic hydroxyl groups excluding tert-OH is 2. The van der Waals surface area contributed by atoms with E-state index in [0.29, 0.717) is 6.61 Å². The van der Waals surface area contributed by atoms with Gasteiger partial charge in [0, 0.05) is 6.61 Å². The van der Waals surface area contributed by atoms with Crippen LogP contribution in [0.4, 0.5) is 0 Å². The fourth-order valence-electron chi connectivity index (χ4n) is 2.74. The second kappa shape index (κ2) is 18.7. The third-order valence-electron chi connectivity index (χ3n) is 4.24. The van der Waals surface area contributed by atoms with E-state index in [2.05, 4.69) is 13.0 Å². The van der Waals surface area contributed by atoms with E-state index in [1.54, 1.807) is 0 Å². The van der Waals surface area contributed by atoms with Crippen molar-refractivity contribution < 1.29 is 10.2 Å². The van der Waals surface area contributed by atoms with Crippen LogP contribution in [0.25, 0.3) is 0 Å². The molecule has 2 N–H and O–H groups in total. The second-order valence-electron chi connectivity index (χ2n) is 6.54. The Hall–Kier alpha value is -0.340. The molecule has 0 aromatic rings. The number of rotatable bonds is 17. The molecule has 0 heterocycles. The highest BCUT2D eigenvalue weighted by molar-refractivity contribution is 4.88. The van der Waals surface area contributed by atoms with Crippen LogP contribution in [0.3, 0.4) is 0 Å². The van der Waals surface area contributed by atoms with Crippen molar-refractivity contribution in [3.05, 3.63) is 12.2 Å². The molecule has 0 spiro atoms. The molecule has 0 radical (unpaired) electrons. The first-order valence-corrected chi connectivity index (χ1v) is 9.76. The average Bonchev–Trinajstić information content (AvgIpc) is 2.52. The molecule has 0 aromatic carbocycles. The van der Waals surface area contributed by atoms with Gasteiger partial charge < -0.3 is 10.2 Å². The average molecular weight is 313 g/mol. The first-order valence-electron chi connectivity index (χ1n) is 9.76. The van der Waals surface area contributed by atoms with Crippen LogP contribution in [0.15, 0.2) is 12.2 Å². The van der Waals surface area contributed by atoms with E-state index in [1.165, 1.54) is 64.2 Å². The maximum atomic E-state index is 9.88. The van der Waals surface area contributed by atoms with Gasteiger partial charge in [-0.25, -0.2) is 0 Å². The van der Waals surface area contributed by atoms with Crippen molar-refractivity contribution in [2.24, 2.45) is 0 Å². The summed E-state index contributed by atoms with van der Waals surface area (Å²) < 4.78 is 0. The minimum Gasteiger partial charge on any atom is -0.396 e. The fourth-order valence-corrected chi connectivity index (χ4v) is 2.74. The van der Waals surface area contributed by atoms with E-state index in [0.717, 1.165) is 32.1 Å². The van der Waals surface area contributed by atoms with Crippen molar-refractivity contribution in [1.29, 1.82) is 0 Å². The molecule has 0 fully saturated rings. The van der Waals surface area contributed by atoms with Crippen LogP contribution < -0.4 is 0 Å². The Kier molecular flexibility index (Phi) is 18.4. The highest BCUT2D eigenvalue weighted by Crippen LogP contribution is 2.11. The van der Waals surface area contributed by atoms with E-state index in [1.807, 2.05) is 6.08 Å². The Morgan fingerprint density at radius 1 is 0.727 bits per heavy atom. The molecule has 22 heavy (non-hydrogen) atoms. The van der Waals surface area contributed by atoms with Crippen molar-refractivity contribution >= 4 is 0 Å². The van der Waals surface area contributed by atoms with Gasteiger partial charge in [-0.15, -0.1) is 0 Å². The number of aliphatic hydroxyl groups is 2. The van der Waals surface area contributed by atoms with Gasteiger partial charge in [0.2, 0.25) is 0 Å². The van der Waals surface area contributed by atoms with E-state index in [-0.39, 0.29) is 6.10 Å². The van der Waals surface area contributed by atoms with Gasteiger partial charge in [-0.2, -0.15) is 0 Å². The molecule has 132 valence electrons. The van der Waals surface area contributed by atoms with E-state index in [4.69, 9.17) is 5.11 Å². The highest BCUT2D eigenvalue weighted by Gasteiger charge is 1.99. The van der Waals surface area contributed by atoms with E-state index < -0.39 is 0 Å². The maximum Gasteiger partial charge on any atom is 0.0720 e. The van der Waals surface area contributed by atoms with Crippen LogP contribution >= 0.6 is 0 Å². The molecule has 1 unspecified atom stereocenters. The van der Waals surface area contributed by atoms with Gasteiger partial charge in [-0.1, -0.05) is 89.7 Å². The Morgan fingerprint density at radius 2 is 1.27 bits per heavy atom. The lowest BCUT2D eigenvalue weighted by molar-refractivity contribution is 0.207. The van der Waals surface area contributed by atoms with Crippen molar-refractivity contribution in [3.8, 4) is 0 Å². The van der Waals surface area contributed by atoms with Crippen LogP contribution in [0.5, 0.6) is 0 Å². The Bertz CT molecular complexity index is 226. The summed E-state index contributed by atoms with van der Waals surface area (Å²) in [7, 11) is 0. The standard InChI is InChI=1S/C20H40O2/c1-2-3-4-5-6-8-11-14-17-20(22)18-15-12-9-7-10-13-16-19-21/h14,17,20-22H,2-13,15-16,18-19H2,1H3/b17-14+. The summed E-state index contributed by atoms with van der Waals surface area (Å²) in [6, 6.07) is 0. The van der Waals surface area contributed by atoms with Crippen LogP contribution in [0, 0.1) is 0 Å². The summed E-state index contributed by atoms with van der Waals surface area (Å²) in [5.41, 5.74) is 0. The van der Waals surface area contributed by atoms with Gasteiger partial charge in [-0.05, 0) is 25.7 Å². The zero-order chi connectivity index (χ0) is 16.3. The number of allylic oxidation sites excluding steroid dienone is 1. The second-order valence-corrected chi connectivity index (χ2v) is 6.54. The zero-order valence-electron chi connectivity index (χ0n) is 14.9. The van der Waals surface area contributed by atoms with Crippen molar-refractivity contribution in [1.82, 2.24) is 0 Å². The summed E-state index contributed by atoms with van der Waals surface area (Å²) in [5, 5.41) is 18.6. The summed E-state index contributed by atoms with van der Waals surface area (Å²) in [5.74, 6) is 0. The first kappa shape index (κ1) is 21.7. The van der Waals surface area contributed by atoms with Crippen LogP contribution in [0.2, 0.25) is 0 Å². The van der Waals surface area contributed by atoms with Gasteiger partial charge in [-0.3, -0.25) is 0 Å². The van der Waals surface area contributed by atoms with Gasteiger partial charge in [0.1, 0.15) is 0 Å². The molecule has 2 heteroatoms. The predicted octanol–water partition coefficient (Wildman–Crippen LogP) is 5.77. The SMILES string of the molecule is CCCCCCCC/C=C/C(O)CCCCCCCCCO. The number of hydrogen-bond acceptors (Lipinski definition) is 2. The molecular formula is C20H40O2. The van der Waals surface area contributed by atoms with Crippen LogP contribution in [0.1, 0.15) is 103 Å². The molecule has 0 aliphatic carbocycles. The Balaban J connectivity index is 3.24. The van der Waals surface area contributed by atoms with Crippen molar-refractivity contribution in [2.45, 2.75) is 109 Å². The third-order valence-corrected chi connectivity index (χ3v) is 4.24. The molecule has 1 atom stereocenters. The van der Waals surface area contributed by atoms with E-state index in [9.17, 15) is 5.11 Å². The Morgan fingerprint density at radius 3 is 1.91 bits per heavy atom. The highest BCUT2D eigenvalue weighted by atomic mass is 16.3. The lowest BCUT2D eigenvalue weighted by atomic mass is 10.1. The fraction of sp³-hybridized carbons (Fsp3) is 0.900. The predicted molar refractivity (Wildman–Crippen MR) is 97.2 cm³/mol. The Labute approximate surface area is 139 Å². The summed E-state index contributed by atoms with van der Waals surface area (Å²) >= 11 is 0. The van der Waals surface area contributed by atoms with Crippen LogP contribution in [-0.2, 0) is 0 Å². The lowest BCUT2D eigenvalue weighted by Crippen LogP contribution is -2.01. The van der Waals surface area contributed by atoms with E-state index >= 15 is 0 Å². The summed E-state index contributed by atoms with van der Waals surface area (Å²) in [6.07, 6.45) is 22.2. The first-order chi connectivity index (χ1) is 10.8. The summed E-state index contributed by atoms with van der Waals surface area (Å²) in [6.45, 7) is 2.58. The molecule has 2 nitrogen and oxygen atoms in total. The third kappa shape index (κ3) is 17.7. The molecule has 0 bridgehead atoms. The monoisotopic (exact) mass is 312 g/mol. The lowest BCUT2D eigenvalue weighted by Gasteiger charge is -2.05. The van der Waals surface area contributed by atoms with Gasteiger partial charge in [0.15, 0.2) is 0 Å². The molecule has 0 saturated carbocycles. The number of unbranched alkanes of at least 4 members (excludes halogenated alkanes) is 12. The van der Waals surface area contributed by atoms with Crippen molar-refractivity contribution in [3.63, 3.8) is 0 Å². The summed E-state index contributed by atoms with van der Waals surface area (Å²) in [4.78, 5) is 0. The minimum absolute atomic E-state index is 0.241. The normalized spacial score (nSPS) is 13.0. The van der Waals surface area contributed by atoms with Crippen molar-refractivity contribution in [2.75, 3.05) is 6.61 Å². The molecule has 0 aliphatic rings.